The van der Waals surface area contributed by atoms with Crippen molar-refractivity contribution in [1.82, 2.24) is 15.5 Å². The van der Waals surface area contributed by atoms with Crippen molar-refractivity contribution in [2.75, 3.05) is 6.54 Å². The Labute approximate surface area is 146 Å². The van der Waals surface area contributed by atoms with Crippen molar-refractivity contribution in [2.24, 2.45) is 0 Å². The molecule has 0 saturated heterocycles. The Balaban J connectivity index is 1.86. The summed E-state index contributed by atoms with van der Waals surface area (Å²) in [6, 6.07) is 5.93. The second kappa shape index (κ2) is 7.92. The van der Waals surface area contributed by atoms with Crippen molar-refractivity contribution in [3.8, 4) is 0 Å². The number of amides is 4. The summed E-state index contributed by atoms with van der Waals surface area (Å²) in [5.74, 6) is -1.43. The smallest absolute Gasteiger partial charge is 0.261 e. The maximum atomic E-state index is 12.2. The second-order valence-electron chi connectivity index (χ2n) is 6.16. The molecule has 0 spiro atoms. The molecule has 0 aromatic heterocycles. The number of nitrogens with zero attached hydrogens (tertiary/aromatic N) is 1. The summed E-state index contributed by atoms with van der Waals surface area (Å²) in [5, 5.41) is 5.37. The molecule has 0 bridgehead atoms. The minimum atomic E-state index is -0.677. The van der Waals surface area contributed by atoms with Crippen molar-refractivity contribution in [2.45, 2.75) is 45.7 Å². The lowest BCUT2D eigenvalue weighted by molar-refractivity contribution is -0.129. The summed E-state index contributed by atoms with van der Waals surface area (Å²) < 4.78 is 0. The van der Waals surface area contributed by atoms with E-state index >= 15 is 0 Å². The highest BCUT2D eigenvalue weighted by atomic mass is 16.2. The molecule has 0 radical (unpaired) electrons. The summed E-state index contributed by atoms with van der Waals surface area (Å²) >= 11 is 0. The average molecular weight is 345 g/mol. The quantitative estimate of drug-likeness (QED) is 0.723. The van der Waals surface area contributed by atoms with E-state index in [0.717, 1.165) is 11.3 Å². The monoisotopic (exact) mass is 345 g/mol. The van der Waals surface area contributed by atoms with Gasteiger partial charge in [0.2, 0.25) is 11.8 Å². The van der Waals surface area contributed by atoms with Crippen LogP contribution in [0.25, 0.3) is 0 Å². The minimum Gasteiger partial charge on any atom is -0.352 e. The van der Waals surface area contributed by atoms with Gasteiger partial charge in [-0.1, -0.05) is 19.1 Å². The maximum absolute atomic E-state index is 12.2. The Bertz CT molecular complexity index is 666. The van der Waals surface area contributed by atoms with Crippen LogP contribution in [-0.2, 0) is 9.59 Å². The van der Waals surface area contributed by atoms with Gasteiger partial charge >= 0.3 is 0 Å². The molecule has 134 valence electrons. The van der Waals surface area contributed by atoms with Gasteiger partial charge in [-0.2, -0.15) is 0 Å². The van der Waals surface area contributed by atoms with Gasteiger partial charge in [0.05, 0.1) is 11.1 Å². The van der Waals surface area contributed by atoms with E-state index in [1.807, 2.05) is 13.8 Å². The molecule has 0 fully saturated rings. The summed E-state index contributed by atoms with van der Waals surface area (Å²) in [7, 11) is 0. The number of hydrogen-bond acceptors (Lipinski definition) is 4. The highest BCUT2D eigenvalue weighted by molar-refractivity contribution is 6.21. The second-order valence-corrected chi connectivity index (χ2v) is 6.16. The molecule has 7 nitrogen and oxygen atoms in total. The number of fused-ring (bicyclic) bond motifs is 1. The van der Waals surface area contributed by atoms with Gasteiger partial charge in [-0.25, -0.2) is 0 Å². The summed E-state index contributed by atoms with van der Waals surface area (Å²) in [5.41, 5.74) is 0.711. The Morgan fingerprint density at radius 3 is 2.12 bits per heavy atom. The SMILES string of the molecule is CCC(C)NC(=O)C(C)NC(=O)CCN1C(=O)c2ccccc2C1=O. The Morgan fingerprint density at radius 2 is 1.60 bits per heavy atom. The molecule has 1 aliphatic rings. The van der Waals surface area contributed by atoms with E-state index in [1.54, 1.807) is 31.2 Å². The normalized spacial score (nSPS) is 15.6. The van der Waals surface area contributed by atoms with Crippen LogP contribution in [-0.4, -0.2) is 47.2 Å². The number of carbonyl (C=O) groups is 4. The molecule has 1 heterocycles. The zero-order valence-electron chi connectivity index (χ0n) is 14.7. The van der Waals surface area contributed by atoms with Gasteiger partial charge in [-0.15, -0.1) is 0 Å². The van der Waals surface area contributed by atoms with Gasteiger partial charge in [0, 0.05) is 19.0 Å². The van der Waals surface area contributed by atoms with Gasteiger partial charge in [-0.05, 0) is 32.4 Å². The van der Waals surface area contributed by atoms with Crippen LogP contribution < -0.4 is 10.6 Å². The minimum absolute atomic E-state index is 0.0160. The zero-order valence-corrected chi connectivity index (χ0v) is 14.7. The molecule has 7 heteroatoms. The molecule has 2 N–H and O–H groups in total. The van der Waals surface area contributed by atoms with Gasteiger partial charge in [0.1, 0.15) is 6.04 Å². The van der Waals surface area contributed by atoms with Crippen LogP contribution in [0, 0.1) is 0 Å². The molecular weight excluding hydrogens is 322 g/mol. The van der Waals surface area contributed by atoms with E-state index in [9.17, 15) is 19.2 Å². The average Bonchev–Trinajstić information content (AvgIpc) is 2.84. The first kappa shape index (κ1) is 18.6. The fourth-order valence-electron chi connectivity index (χ4n) is 2.50. The highest BCUT2D eigenvalue weighted by Gasteiger charge is 2.35. The number of benzene rings is 1. The van der Waals surface area contributed by atoms with Crippen LogP contribution >= 0.6 is 0 Å². The van der Waals surface area contributed by atoms with E-state index < -0.39 is 17.9 Å². The molecule has 4 amide bonds. The molecular formula is C18H23N3O4. The number of rotatable bonds is 7. The van der Waals surface area contributed by atoms with E-state index in [-0.39, 0.29) is 30.8 Å². The molecule has 1 aromatic rings. The van der Waals surface area contributed by atoms with Crippen LogP contribution in [0.5, 0.6) is 0 Å². The van der Waals surface area contributed by atoms with E-state index in [1.165, 1.54) is 0 Å². The third kappa shape index (κ3) is 4.23. The molecule has 2 rings (SSSR count). The maximum Gasteiger partial charge on any atom is 0.261 e. The first-order valence-corrected chi connectivity index (χ1v) is 8.40. The van der Waals surface area contributed by atoms with Crippen molar-refractivity contribution < 1.29 is 19.2 Å². The molecule has 1 aromatic carbocycles. The van der Waals surface area contributed by atoms with Crippen molar-refractivity contribution in [3.05, 3.63) is 35.4 Å². The topological polar surface area (TPSA) is 95.6 Å². The van der Waals surface area contributed by atoms with E-state index in [4.69, 9.17) is 0 Å². The predicted molar refractivity (Wildman–Crippen MR) is 91.9 cm³/mol. The molecule has 1 aliphatic heterocycles. The summed E-state index contributed by atoms with van der Waals surface area (Å²) in [6.45, 7) is 5.42. The fraction of sp³-hybridized carbons (Fsp3) is 0.444. The fourth-order valence-corrected chi connectivity index (χ4v) is 2.50. The number of carbonyl (C=O) groups excluding carboxylic acids is 4. The Morgan fingerprint density at radius 1 is 1.04 bits per heavy atom. The predicted octanol–water partition coefficient (Wildman–Crippen LogP) is 1.09. The number of imide groups is 1. The molecule has 2 unspecified atom stereocenters. The van der Waals surface area contributed by atoms with Crippen LogP contribution in [0.4, 0.5) is 0 Å². The van der Waals surface area contributed by atoms with Crippen LogP contribution in [0.2, 0.25) is 0 Å². The van der Waals surface area contributed by atoms with E-state index in [2.05, 4.69) is 10.6 Å². The van der Waals surface area contributed by atoms with Crippen molar-refractivity contribution >= 4 is 23.6 Å². The standard InChI is InChI=1S/C18H23N3O4/c1-4-11(2)19-16(23)12(3)20-15(22)9-10-21-17(24)13-7-5-6-8-14(13)18(21)25/h5-8,11-12H,4,9-10H2,1-3H3,(H,19,23)(H,20,22). The number of nitrogens with one attached hydrogen (secondary N) is 2. The highest BCUT2D eigenvalue weighted by Crippen LogP contribution is 2.22. The third-order valence-corrected chi connectivity index (χ3v) is 4.21. The lowest BCUT2D eigenvalue weighted by Crippen LogP contribution is -2.47. The van der Waals surface area contributed by atoms with E-state index in [0.29, 0.717) is 11.1 Å². The summed E-state index contributed by atoms with van der Waals surface area (Å²) in [4.78, 5) is 49.4. The molecule has 0 aliphatic carbocycles. The molecule has 25 heavy (non-hydrogen) atoms. The van der Waals surface area contributed by atoms with Crippen LogP contribution in [0.15, 0.2) is 24.3 Å². The zero-order chi connectivity index (χ0) is 18.6. The largest absolute Gasteiger partial charge is 0.352 e. The Hall–Kier alpha value is -2.70. The van der Waals surface area contributed by atoms with Crippen LogP contribution in [0.3, 0.4) is 0 Å². The number of hydrogen-bond donors (Lipinski definition) is 2. The van der Waals surface area contributed by atoms with Crippen LogP contribution in [0.1, 0.15) is 54.3 Å². The molecule has 0 saturated carbocycles. The lowest BCUT2D eigenvalue weighted by atomic mass is 10.1. The lowest BCUT2D eigenvalue weighted by Gasteiger charge is -2.18. The molecule has 2 atom stereocenters. The van der Waals surface area contributed by atoms with Crippen molar-refractivity contribution in [3.63, 3.8) is 0 Å². The summed E-state index contributed by atoms with van der Waals surface area (Å²) in [6.07, 6.45) is 0.749. The van der Waals surface area contributed by atoms with Gasteiger partial charge in [0.25, 0.3) is 11.8 Å². The first-order valence-electron chi connectivity index (χ1n) is 8.40. The first-order chi connectivity index (χ1) is 11.8. The van der Waals surface area contributed by atoms with Gasteiger partial charge < -0.3 is 10.6 Å². The van der Waals surface area contributed by atoms with Gasteiger partial charge in [0.15, 0.2) is 0 Å². The van der Waals surface area contributed by atoms with Crippen molar-refractivity contribution in [1.29, 1.82) is 0 Å². The van der Waals surface area contributed by atoms with Gasteiger partial charge in [-0.3, -0.25) is 24.1 Å². The third-order valence-electron chi connectivity index (χ3n) is 4.21. The Kier molecular flexibility index (Phi) is 5.90.